The summed E-state index contributed by atoms with van der Waals surface area (Å²) >= 11 is 0. The van der Waals surface area contributed by atoms with Gasteiger partial charge in [0.1, 0.15) is 0 Å². The molecule has 1 aromatic rings. The minimum Gasteiger partial charge on any atom is -0.466 e. The Labute approximate surface area is 115 Å². The van der Waals surface area contributed by atoms with Gasteiger partial charge in [-0.25, -0.2) is 0 Å². The Hall–Kier alpha value is -1.35. The normalized spacial score (nSPS) is 21.3. The Balaban J connectivity index is 1.86. The molecule has 104 valence electrons. The molecule has 2 rings (SSSR count). The van der Waals surface area contributed by atoms with Gasteiger partial charge in [0.2, 0.25) is 0 Å². The molecular formula is C16H23NO2. The molecule has 1 aliphatic rings. The second-order valence-corrected chi connectivity index (χ2v) is 5.25. The molecule has 0 saturated carbocycles. The van der Waals surface area contributed by atoms with E-state index in [-0.39, 0.29) is 5.97 Å². The third-order valence-electron chi connectivity index (χ3n) is 3.91. The fraction of sp³-hybridized carbons (Fsp3) is 0.562. The van der Waals surface area contributed by atoms with Crippen LogP contribution in [0.4, 0.5) is 0 Å². The van der Waals surface area contributed by atoms with Crippen molar-refractivity contribution in [1.29, 1.82) is 0 Å². The molecule has 0 N–H and O–H groups in total. The highest BCUT2D eigenvalue weighted by atomic mass is 16.5. The van der Waals surface area contributed by atoms with Crippen molar-refractivity contribution in [2.24, 2.45) is 5.92 Å². The summed E-state index contributed by atoms with van der Waals surface area (Å²) in [5.41, 5.74) is 1.35. The summed E-state index contributed by atoms with van der Waals surface area (Å²) in [6.45, 7) is 6.64. The Bertz CT molecular complexity index is 404. The lowest BCUT2D eigenvalue weighted by atomic mass is 10.0. The number of carbonyl (C=O) groups is 1. The summed E-state index contributed by atoms with van der Waals surface area (Å²) in [6.07, 6.45) is 1.65. The van der Waals surface area contributed by atoms with Gasteiger partial charge in [-0.3, -0.25) is 9.69 Å². The SMILES string of the molecule is CCOC(=O)C[C@H]1CCN([C@@H](C)c2ccccc2)C1. The van der Waals surface area contributed by atoms with Crippen molar-refractivity contribution in [3.63, 3.8) is 0 Å². The Morgan fingerprint density at radius 3 is 2.84 bits per heavy atom. The van der Waals surface area contributed by atoms with Crippen LogP contribution in [0.5, 0.6) is 0 Å². The van der Waals surface area contributed by atoms with E-state index >= 15 is 0 Å². The van der Waals surface area contributed by atoms with Gasteiger partial charge >= 0.3 is 5.97 Å². The van der Waals surface area contributed by atoms with Crippen molar-refractivity contribution in [2.75, 3.05) is 19.7 Å². The first-order chi connectivity index (χ1) is 9.20. The highest BCUT2D eigenvalue weighted by molar-refractivity contribution is 5.69. The fourth-order valence-electron chi connectivity index (χ4n) is 2.78. The quantitative estimate of drug-likeness (QED) is 0.763. The van der Waals surface area contributed by atoms with Crippen molar-refractivity contribution in [2.45, 2.75) is 32.7 Å². The molecule has 3 nitrogen and oxygen atoms in total. The molecule has 1 saturated heterocycles. The first kappa shape index (κ1) is 14.1. The third-order valence-corrected chi connectivity index (χ3v) is 3.91. The van der Waals surface area contributed by atoms with E-state index in [1.807, 2.05) is 13.0 Å². The van der Waals surface area contributed by atoms with Crippen LogP contribution >= 0.6 is 0 Å². The lowest BCUT2D eigenvalue weighted by molar-refractivity contribution is -0.144. The fourth-order valence-corrected chi connectivity index (χ4v) is 2.78. The van der Waals surface area contributed by atoms with Gasteiger partial charge in [0.15, 0.2) is 0 Å². The summed E-state index contributed by atoms with van der Waals surface area (Å²) in [5, 5.41) is 0. The molecule has 1 aromatic carbocycles. The van der Waals surface area contributed by atoms with Gasteiger partial charge in [0, 0.05) is 19.0 Å². The molecule has 1 heterocycles. The van der Waals surface area contributed by atoms with Crippen LogP contribution in [0.25, 0.3) is 0 Å². The molecule has 0 radical (unpaired) electrons. The second kappa shape index (κ2) is 6.71. The predicted molar refractivity (Wildman–Crippen MR) is 75.8 cm³/mol. The number of rotatable bonds is 5. The third kappa shape index (κ3) is 3.80. The zero-order valence-electron chi connectivity index (χ0n) is 11.8. The summed E-state index contributed by atoms with van der Waals surface area (Å²) in [7, 11) is 0. The van der Waals surface area contributed by atoms with Gasteiger partial charge in [-0.15, -0.1) is 0 Å². The van der Waals surface area contributed by atoms with Gasteiger partial charge < -0.3 is 4.74 Å². The van der Waals surface area contributed by atoms with E-state index in [9.17, 15) is 4.79 Å². The van der Waals surface area contributed by atoms with E-state index in [4.69, 9.17) is 4.74 Å². The average Bonchev–Trinajstić information content (AvgIpc) is 2.87. The van der Waals surface area contributed by atoms with Crippen molar-refractivity contribution in [1.82, 2.24) is 4.90 Å². The smallest absolute Gasteiger partial charge is 0.306 e. The summed E-state index contributed by atoms with van der Waals surface area (Å²) < 4.78 is 5.03. The largest absolute Gasteiger partial charge is 0.466 e. The van der Waals surface area contributed by atoms with Crippen molar-refractivity contribution >= 4 is 5.97 Å². The molecule has 3 heteroatoms. The summed E-state index contributed by atoms with van der Waals surface area (Å²) in [5.74, 6) is 0.395. The second-order valence-electron chi connectivity index (χ2n) is 5.25. The molecule has 0 amide bonds. The van der Waals surface area contributed by atoms with Crippen LogP contribution in [0.15, 0.2) is 30.3 Å². The molecule has 0 unspecified atom stereocenters. The number of hydrogen-bond donors (Lipinski definition) is 0. The van der Waals surface area contributed by atoms with Gasteiger partial charge in [0.05, 0.1) is 6.61 Å². The zero-order valence-corrected chi connectivity index (χ0v) is 11.8. The molecule has 0 aromatic heterocycles. The molecule has 0 spiro atoms. The maximum atomic E-state index is 11.5. The van der Waals surface area contributed by atoms with E-state index in [0.29, 0.717) is 25.0 Å². The molecule has 19 heavy (non-hydrogen) atoms. The van der Waals surface area contributed by atoms with Crippen molar-refractivity contribution in [3.05, 3.63) is 35.9 Å². The minimum absolute atomic E-state index is 0.0540. The van der Waals surface area contributed by atoms with Crippen LogP contribution in [0, 0.1) is 5.92 Å². The lowest BCUT2D eigenvalue weighted by Crippen LogP contribution is -2.25. The molecule has 1 fully saturated rings. The zero-order chi connectivity index (χ0) is 13.7. The van der Waals surface area contributed by atoms with Gasteiger partial charge in [-0.05, 0) is 38.3 Å². The van der Waals surface area contributed by atoms with Gasteiger partial charge in [-0.2, -0.15) is 0 Å². The first-order valence-electron chi connectivity index (χ1n) is 7.15. The summed E-state index contributed by atoms with van der Waals surface area (Å²) in [6, 6.07) is 11.0. The Morgan fingerprint density at radius 1 is 1.42 bits per heavy atom. The number of likely N-dealkylation sites (tertiary alicyclic amines) is 1. The topological polar surface area (TPSA) is 29.5 Å². The number of nitrogens with zero attached hydrogens (tertiary/aromatic N) is 1. The maximum Gasteiger partial charge on any atom is 0.306 e. The van der Waals surface area contributed by atoms with Crippen LogP contribution in [0.2, 0.25) is 0 Å². The van der Waals surface area contributed by atoms with E-state index < -0.39 is 0 Å². The van der Waals surface area contributed by atoms with E-state index in [0.717, 1.165) is 19.5 Å². The molecule has 2 atom stereocenters. The first-order valence-corrected chi connectivity index (χ1v) is 7.15. The molecular weight excluding hydrogens is 238 g/mol. The van der Waals surface area contributed by atoms with Crippen molar-refractivity contribution in [3.8, 4) is 0 Å². The van der Waals surface area contributed by atoms with Crippen LogP contribution in [0.1, 0.15) is 38.3 Å². The number of hydrogen-bond acceptors (Lipinski definition) is 3. The standard InChI is InChI=1S/C16H23NO2/c1-3-19-16(18)11-14-9-10-17(12-14)13(2)15-7-5-4-6-8-15/h4-8,13-14H,3,9-12H2,1-2H3/t13-,14+/m0/s1. The van der Waals surface area contributed by atoms with Gasteiger partial charge in [0.25, 0.3) is 0 Å². The highest BCUT2D eigenvalue weighted by Gasteiger charge is 2.28. The highest BCUT2D eigenvalue weighted by Crippen LogP contribution is 2.28. The van der Waals surface area contributed by atoms with Crippen molar-refractivity contribution < 1.29 is 9.53 Å². The summed E-state index contributed by atoms with van der Waals surface area (Å²) in [4.78, 5) is 14.0. The molecule has 1 aliphatic heterocycles. The van der Waals surface area contributed by atoms with Gasteiger partial charge in [-0.1, -0.05) is 30.3 Å². The number of benzene rings is 1. The maximum absolute atomic E-state index is 11.5. The van der Waals surface area contributed by atoms with Crippen LogP contribution in [-0.4, -0.2) is 30.6 Å². The van der Waals surface area contributed by atoms with Crippen LogP contribution < -0.4 is 0 Å². The van der Waals surface area contributed by atoms with Crippen LogP contribution in [0.3, 0.4) is 0 Å². The van der Waals surface area contributed by atoms with E-state index in [1.54, 1.807) is 0 Å². The van der Waals surface area contributed by atoms with Crippen LogP contribution in [-0.2, 0) is 9.53 Å². The Morgan fingerprint density at radius 2 is 2.16 bits per heavy atom. The Kier molecular flexibility index (Phi) is 4.97. The monoisotopic (exact) mass is 261 g/mol. The minimum atomic E-state index is -0.0540. The molecule has 0 bridgehead atoms. The number of carbonyl (C=O) groups excluding carboxylic acids is 1. The predicted octanol–water partition coefficient (Wildman–Crippen LogP) is 3.02. The van der Waals surface area contributed by atoms with E-state index in [1.165, 1.54) is 5.56 Å². The van der Waals surface area contributed by atoms with E-state index in [2.05, 4.69) is 36.1 Å². The lowest BCUT2D eigenvalue weighted by Gasteiger charge is -2.24. The number of ether oxygens (including phenoxy) is 1. The molecule has 0 aliphatic carbocycles. The number of esters is 1. The average molecular weight is 261 g/mol.